The van der Waals surface area contributed by atoms with E-state index in [1.165, 1.54) is 0 Å². The molecule has 0 unspecified atom stereocenters. The number of piperidine rings is 1. The molecular formula is C17H18N6O. The Morgan fingerprint density at radius 2 is 2.00 bits per heavy atom. The second-order valence-corrected chi connectivity index (χ2v) is 5.93. The van der Waals surface area contributed by atoms with Crippen LogP contribution in [0.2, 0.25) is 0 Å². The molecule has 3 aromatic heterocycles. The van der Waals surface area contributed by atoms with E-state index in [0.717, 1.165) is 19.4 Å². The van der Waals surface area contributed by atoms with E-state index in [1.807, 2.05) is 29.7 Å². The number of carbonyl (C=O) groups is 1. The SMILES string of the molecule is O=C(c1ccnc(-n2ccnc2)c1)N1CCC[C@@H](n2ccnc2)C1. The zero-order valence-electron chi connectivity index (χ0n) is 13.2. The maximum atomic E-state index is 12.9. The van der Waals surface area contributed by atoms with Crippen LogP contribution in [0.5, 0.6) is 0 Å². The Bertz CT molecular complexity index is 811. The predicted molar refractivity (Wildman–Crippen MR) is 87.8 cm³/mol. The van der Waals surface area contributed by atoms with Crippen LogP contribution in [0.25, 0.3) is 5.82 Å². The van der Waals surface area contributed by atoms with Crippen molar-refractivity contribution in [2.24, 2.45) is 0 Å². The first-order chi connectivity index (χ1) is 11.8. The van der Waals surface area contributed by atoms with Crippen molar-refractivity contribution in [3.8, 4) is 5.82 Å². The van der Waals surface area contributed by atoms with E-state index in [2.05, 4.69) is 19.5 Å². The molecule has 122 valence electrons. The molecule has 0 saturated carbocycles. The van der Waals surface area contributed by atoms with Gasteiger partial charge in [-0.25, -0.2) is 15.0 Å². The number of pyridine rings is 1. The van der Waals surface area contributed by atoms with Gasteiger partial charge in [0.05, 0.1) is 12.4 Å². The van der Waals surface area contributed by atoms with Gasteiger partial charge in [-0.1, -0.05) is 0 Å². The number of imidazole rings is 2. The summed E-state index contributed by atoms with van der Waals surface area (Å²) in [5.41, 5.74) is 0.653. The molecule has 1 aliphatic heterocycles. The summed E-state index contributed by atoms with van der Waals surface area (Å²) < 4.78 is 3.88. The van der Waals surface area contributed by atoms with E-state index >= 15 is 0 Å². The van der Waals surface area contributed by atoms with E-state index < -0.39 is 0 Å². The highest BCUT2D eigenvalue weighted by Crippen LogP contribution is 2.22. The van der Waals surface area contributed by atoms with E-state index in [-0.39, 0.29) is 5.91 Å². The van der Waals surface area contributed by atoms with Gasteiger partial charge in [-0.3, -0.25) is 9.36 Å². The summed E-state index contributed by atoms with van der Waals surface area (Å²) in [7, 11) is 0. The minimum Gasteiger partial charge on any atom is -0.337 e. The highest BCUT2D eigenvalue weighted by molar-refractivity contribution is 5.94. The molecule has 1 fully saturated rings. The number of amides is 1. The van der Waals surface area contributed by atoms with Crippen molar-refractivity contribution in [2.75, 3.05) is 13.1 Å². The van der Waals surface area contributed by atoms with Gasteiger partial charge < -0.3 is 9.47 Å². The molecule has 7 heteroatoms. The summed E-state index contributed by atoms with van der Waals surface area (Å²) in [5, 5.41) is 0. The summed E-state index contributed by atoms with van der Waals surface area (Å²) in [6.07, 6.45) is 14.5. The summed E-state index contributed by atoms with van der Waals surface area (Å²) in [6.45, 7) is 1.49. The summed E-state index contributed by atoms with van der Waals surface area (Å²) in [6, 6.07) is 3.87. The zero-order chi connectivity index (χ0) is 16.4. The van der Waals surface area contributed by atoms with Crippen LogP contribution in [0.1, 0.15) is 29.2 Å². The Kier molecular flexibility index (Phi) is 3.82. The van der Waals surface area contributed by atoms with Gasteiger partial charge in [0.1, 0.15) is 12.1 Å². The number of likely N-dealkylation sites (tertiary alicyclic amines) is 1. The lowest BCUT2D eigenvalue weighted by Crippen LogP contribution is -2.40. The van der Waals surface area contributed by atoms with Crippen molar-refractivity contribution < 1.29 is 4.79 Å². The zero-order valence-corrected chi connectivity index (χ0v) is 13.2. The highest BCUT2D eigenvalue weighted by atomic mass is 16.2. The van der Waals surface area contributed by atoms with Crippen LogP contribution in [-0.4, -0.2) is 48.0 Å². The van der Waals surface area contributed by atoms with Crippen molar-refractivity contribution in [3.63, 3.8) is 0 Å². The molecule has 0 N–H and O–H groups in total. The maximum absolute atomic E-state index is 12.9. The summed E-state index contributed by atoms with van der Waals surface area (Å²) >= 11 is 0. The first kappa shape index (κ1) is 14.6. The minimum atomic E-state index is 0.0450. The Balaban J connectivity index is 1.54. The van der Waals surface area contributed by atoms with Gasteiger partial charge in [0.15, 0.2) is 0 Å². The van der Waals surface area contributed by atoms with Gasteiger partial charge in [0.2, 0.25) is 0 Å². The third-order valence-electron chi connectivity index (χ3n) is 4.39. The molecule has 0 bridgehead atoms. The lowest BCUT2D eigenvalue weighted by molar-refractivity contribution is 0.0679. The van der Waals surface area contributed by atoms with Crippen molar-refractivity contribution in [1.82, 2.24) is 29.0 Å². The van der Waals surface area contributed by atoms with E-state index in [4.69, 9.17) is 0 Å². The Morgan fingerprint density at radius 3 is 2.79 bits per heavy atom. The molecule has 0 spiro atoms. The average molecular weight is 322 g/mol. The Labute approximate surface area is 139 Å². The number of hydrogen-bond acceptors (Lipinski definition) is 4. The summed E-state index contributed by atoms with van der Waals surface area (Å²) in [5.74, 6) is 0.741. The van der Waals surface area contributed by atoms with Gasteiger partial charge in [-0.15, -0.1) is 0 Å². The van der Waals surface area contributed by atoms with Crippen LogP contribution in [0, 0.1) is 0 Å². The molecule has 4 rings (SSSR count). The Hall–Kier alpha value is -2.96. The van der Waals surface area contributed by atoms with Gasteiger partial charge >= 0.3 is 0 Å². The largest absolute Gasteiger partial charge is 0.337 e. The van der Waals surface area contributed by atoms with Gasteiger partial charge in [-0.2, -0.15) is 0 Å². The fourth-order valence-electron chi connectivity index (χ4n) is 3.14. The second kappa shape index (κ2) is 6.27. The second-order valence-electron chi connectivity index (χ2n) is 5.93. The number of aromatic nitrogens is 5. The van der Waals surface area contributed by atoms with E-state index in [0.29, 0.717) is 24.0 Å². The van der Waals surface area contributed by atoms with Crippen LogP contribution in [-0.2, 0) is 0 Å². The molecule has 1 saturated heterocycles. The normalized spacial score (nSPS) is 17.8. The lowest BCUT2D eigenvalue weighted by Gasteiger charge is -2.33. The molecule has 7 nitrogen and oxygen atoms in total. The quantitative estimate of drug-likeness (QED) is 0.739. The molecule has 24 heavy (non-hydrogen) atoms. The third-order valence-corrected chi connectivity index (χ3v) is 4.39. The van der Waals surface area contributed by atoms with Gasteiger partial charge in [0, 0.05) is 49.6 Å². The first-order valence-electron chi connectivity index (χ1n) is 8.02. The fraction of sp³-hybridized carbons (Fsp3) is 0.294. The smallest absolute Gasteiger partial charge is 0.254 e. The minimum absolute atomic E-state index is 0.0450. The van der Waals surface area contributed by atoms with Crippen molar-refractivity contribution in [3.05, 3.63) is 61.3 Å². The molecule has 3 aromatic rings. The third kappa shape index (κ3) is 2.80. The van der Waals surface area contributed by atoms with Gasteiger partial charge in [-0.05, 0) is 25.0 Å². The molecule has 1 atom stereocenters. The van der Waals surface area contributed by atoms with Crippen molar-refractivity contribution in [1.29, 1.82) is 0 Å². The monoisotopic (exact) mass is 322 g/mol. The van der Waals surface area contributed by atoms with Crippen LogP contribution in [0.4, 0.5) is 0 Å². The van der Waals surface area contributed by atoms with E-state index in [9.17, 15) is 4.79 Å². The van der Waals surface area contributed by atoms with Gasteiger partial charge in [0.25, 0.3) is 5.91 Å². The number of nitrogens with zero attached hydrogens (tertiary/aromatic N) is 6. The van der Waals surface area contributed by atoms with Crippen LogP contribution >= 0.6 is 0 Å². The first-order valence-corrected chi connectivity index (χ1v) is 8.02. The average Bonchev–Trinajstić information content (AvgIpc) is 3.35. The Morgan fingerprint density at radius 1 is 1.12 bits per heavy atom. The number of rotatable bonds is 3. The molecule has 0 radical (unpaired) electrons. The van der Waals surface area contributed by atoms with E-state index in [1.54, 1.807) is 35.6 Å². The standard InChI is InChI=1S/C17H18N6O/c24-17(14-3-4-20-16(10-14)23-9-6-19-13-23)21-7-1-2-15(11-21)22-8-5-18-12-22/h3-6,8-10,12-13,15H,1-2,7,11H2/t15-/m1/s1. The molecule has 0 aromatic carbocycles. The van der Waals surface area contributed by atoms with Crippen LogP contribution in [0.3, 0.4) is 0 Å². The fourth-order valence-corrected chi connectivity index (χ4v) is 3.14. The topological polar surface area (TPSA) is 68.8 Å². The number of carbonyl (C=O) groups excluding carboxylic acids is 1. The molecule has 0 aliphatic carbocycles. The van der Waals surface area contributed by atoms with Crippen LogP contribution < -0.4 is 0 Å². The molecule has 1 aliphatic rings. The molecule has 1 amide bonds. The predicted octanol–water partition coefficient (Wildman–Crippen LogP) is 1.94. The number of hydrogen-bond donors (Lipinski definition) is 0. The van der Waals surface area contributed by atoms with Crippen LogP contribution in [0.15, 0.2) is 55.8 Å². The maximum Gasteiger partial charge on any atom is 0.254 e. The molecular weight excluding hydrogens is 304 g/mol. The molecule has 4 heterocycles. The van der Waals surface area contributed by atoms with Crippen molar-refractivity contribution in [2.45, 2.75) is 18.9 Å². The lowest BCUT2D eigenvalue weighted by atomic mass is 10.0. The summed E-state index contributed by atoms with van der Waals surface area (Å²) in [4.78, 5) is 27.2. The highest BCUT2D eigenvalue weighted by Gasteiger charge is 2.25. The van der Waals surface area contributed by atoms with Crippen molar-refractivity contribution >= 4 is 5.91 Å².